The molecule has 10 heteroatoms. The van der Waals surface area contributed by atoms with Crippen molar-refractivity contribution in [3.05, 3.63) is 57.0 Å². The Morgan fingerprint density at radius 1 is 1.12 bits per heavy atom. The Bertz CT molecular complexity index is 830. The molecule has 0 aliphatic carbocycles. The van der Waals surface area contributed by atoms with Crippen LogP contribution in [0, 0.1) is 40.4 Å². The SMILES string of the molecule is N#C/C(=N\OCc1c(F)c(F)c(F)c(F)c1F)C(=O)c1cccs1. The molecule has 0 aliphatic heterocycles. The lowest BCUT2D eigenvalue weighted by Crippen LogP contribution is -2.12. The van der Waals surface area contributed by atoms with Crippen LogP contribution >= 0.6 is 11.3 Å². The molecule has 0 bridgehead atoms. The lowest BCUT2D eigenvalue weighted by atomic mass is 10.2. The molecule has 1 heterocycles. The van der Waals surface area contributed by atoms with Gasteiger partial charge in [0.05, 0.1) is 10.4 Å². The van der Waals surface area contributed by atoms with Crippen LogP contribution in [0.2, 0.25) is 0 Å². The van der Waals surface area contributed by atoms with Gasteiger partial charge >= 0.3 is 0 Å². The van der Waals surface area contributed by atoms with E-state index in [1.54, 1.807) is 11.4 Å². The van der Waals surface area contributed by atoms with Crippen LogP contribution in [-0.4, -0.2) is 11.5 Å². The average Bonchev–Trinajstić information content (AvgIpc) is 3.12. The number of hydrogen-bond donors (Lipinski definition) is 0. The van der Waals surface area contributed by atoms with Gasteiger partial charge in [-0.1, -0.05) is 11.2 Å². The molecule has 124 valence electrons. The number of carbonyl (C=O) groups is 1. The summed E-state index contributed by atoms with van der Waals surface area (Å²) in [5.41, 5.74) is -2.00. The summed E-state index contributed by atoms with van der Waals surface area (Å²) in [6, 6.07) is 4.37. The zero-order chi connectivity index (χ0) is 17.9. The largest absolute Gasteiger partial charge is 0.390 e. The van der Waals surface area contributed by atoms with E-state index in [4.69, 9.17) is 5.26 Å². The fourth-order valence-corrected chi connectivity index (χ4v) is 2.24. The highest BCUT2D eigenvalue weighted by Gasteiger charge is 2.26. The maximum absolute atomic E-state index is 13.4. The van der Waals surface area contributed by atoms with Gasteiger partial charge in [0.15, 0.2) is 23.3 Å². The summed E-state index contributed by atoms with van der Waals surface area (Å²) in [6.45, 7) is -1.16. The smallest absolute Gasteiger partial charge is 0.235 e. The Hall–Kier alpha value is -2.80. The van der Waals surface area contributed by atoms with E-state index in [0.717, 1.165) is 11.3 Å². The molecular formula is C14H5F5N2O2S. The number of oxime groups is 1. The molecule has 0 aliphatic rings. The van der Waals surface area contributed by atoms with Crippen LogP contribution in [0.25, 0.3) is 0 Å². The van der Waals surface area contributed by atoms with E-state index in [1.807, 2.05) is 0 Å². The summed E-state index contributed by atoms with van der Waals surface area (Å²) in [5.74, 6) is -11.5. The molecule has 0 fully saturated rings. The molecule has 0 spiro atoms. The molecular weight excluding hydrogens is 355 g/mol. The van der Waals surface area contributed by atoms with Gasteiger partial charge < -0.3 is 4.84 Å². The lowest BCUT2D eigenvalue weighted by molar-refractivity contribution is 0.103. The second-order valence-electron chi connectivity index (χ2n) is 4.18. The van der Waals surface area contributed by atoms with Gasteiger partial charge in [0.1, 0.15) is 12.7 Å². The standard InChI is InChI=1S/C14H5F5N2O2S/c15-9-6(10(16)12(18)13(19)11(9)17)5-23-21-7(4-20)14(22)8-2-1-3-24-8/h1-3H,5H2/b21-7+. The number of carbonyl (C=O) groups excluding carboxylic acids is 1. The minimum Gasteiger partial charge on any atom is -0.390 e. The monoisotopic (exact) mass is 360 g/mol. The lowest BCUT2D eigenvalue weighted by Gasteiger charge is -2.07. The van der Waals surface area contributed by atoms with Crippen molar-refractivity contribution in [2.24, 2.45) is 5.16 Å². The number of nitriles is 1. The highest BCUT2D eigenvalue weighted by Crippen LogP contribution is 2.23. The van der Waals surface area contributed by atoms with Crippen LogP contribution in [0.5, 0.6) is 0 Å². The second kappa shape index (κ2) is 7.18. The van der Waals surface area contributed by atoms with Crippen molar-refractivity contribution in [3.63, 3.8) is 0 Å². The van der Waals surface area contributed by atoms with E-state index in [1.165, 1.54) is 12.1 Å². The van der Waals surface area contributed by atoms with Gasteiger partial charge in [-0.2, -0.15) is 5.26 Å². The van der Waals surface area contributed by atoms with E-state index in [-0.39, 0.29) is 4.88 Å². The number of thiophene rings is 1. The fourth-order valence-electron chi connectivity index (χ4n) is 1.58. The third kappa shape index (κ3) is 3.26. The average molecular weight is 360 g/mol. The van der Waals surface area contributed by atoms with E-state index in [2.05, 4.69) is 9.99 Å². The normalized spacial score (nSPS) is 11.2. The van der Waals surface area contributed by atoms with Gasteiger partial charge in [-0.25, -0.2) is 22.0 Å². The Morgan fingerprint density at radius 2 is 1.71 bits per heavy atom. The predicted octanol–water partition coefficient (Wildman–Crippen LogP) is 3.72. The Balaban J connectivity index is 2.22. The van der Waals surface area contributed by atoms with Crippen molar-refractivity contribution in [3.8, 4) is 6.07 Å². The Morgan fingerprint density at radius 3 is 2.21 bits per heavy atom. The first-order chi connectivity index (χ1) is 11.4. The highest BCUT2D eigenvalue weighted by molar-refractivity contribution is 7.13. The molecule has 0 radical (unpaired) electrons. The zero-order valence-corrected chi connectivity index (χ0v) is 12.3. The first-order valence-electron chi connectivity index (χ1n) is 6.07. The topological polar surface area (TPSA) is 62.4 Å². The van der Waals surface area contributed by atoms with Crippen LogP contribution in [0.3, 0.4) is 0 Å². The molecule has 0 amide bonds. The van der Waals surface area contributed by atoms with Crippen molar-refractivity contribution in [1.29, 1.82) is 5.26 Å². The third-order valence-electron chi connectivity index (χ3n) is 2.73. The summed E-state index contributed by atoms with van der Waals surface area (Å²) in [4.78, 5) is 16.4. The number of hydrogen-bond acceptors (Lipinski definition) is 5. The van der Waals surface area contributed by atoms with Gasteiger partial charge in [0, 0.05) is 0 Å². The van der Waals surface area contributed by atoms with Crippen molar-refractivity contribution >= 4 is 22.8 Å². The molecule has 2 rings (SSSR count). The molecule has 0 atom stereocenters. The molecule has 1 aromatic heterocycles. The van der Waals surface area contributed by atoms with Crippen molar-refractivity contribution in [2.75, 3.05) is 0 Å². The summed E-state index contributed by atoms with van der Waals surface area (Å²) in [5, 5.41) is 13.5. The zero-order valence-electron chi connectivity index (χ0n) is 11.4. The van der Waals surface area contributed by atoms with Gasteiger partial charge in [0.25, 0.3) is 0 Å². The van der Waals surface area contributed by atoms with E-state index in [9.17, 15) is 26.7 Å². The quantitative estimate of drug-likeness (QED) is 0.204. The number of Topliss-reactive ketones (excluding diaryl/α,β-unsaturated/α-hetero) is 1. The van der Waals surface area contributed by atoms with Gasteiger partial charge in [-0.3, -0.25) is 4.79 Å². The molecule has 1 aromatic carbocycles. The number of ketones is 1. The number of benzene rings is 1. The molecule has 4 nitrogen and oxygen atoms in total. The van der Waals surface area contributed by atoms with Crippen molar-refractivity contribution < 1.29 is 31.6 Å². The fraction of sp³-hybridized carbons (Fsp3) is 0.0714. The molecule has 0 saturated heterocycles. The number of halogens is 5. The van der Waals surface area contributed by atoms with Crippen LogP contribution < -0.4 is 0 Å². The highest BCUT2D eigenvalue weighted by atomic mass is 32.1. The summed E-state index contributed by atoms with van der Waals surface area (Å²) in [7, 11) is 0. The van der Waals surface area contributed by atoms with Crippen LogP contribution in [0.1, 0.15) is 15.2 Å². The molecule has 0 unspecified atom stereocenters. The summed E-state index contributed by atoms with van der Waals surface area (Å²) in [6.07, 6.45) is 0. The van der Waals surface area contributed by atoms with Crippen molar-refractivity contribution in [2.45, 2.75) is 6.61 Å². The van der Waals surface area contributed by atoms with Crippen molar-refractivity contribution in [1.82, 2.24) is 0 Å². The van der Waals surface area contributed by atoms with Crippen LogP contribution in [-0.2, 0) is 11.4 Å². The van der Waals surface area contributed by atoms with Crippen LogP contribution in [0.4, 0.5) is 22.0 Å². The van der Waals surface area contributed by atoms with Crippen LogP contribution in [0.15, 0.2) is 22.7 Å². The number of nitrogens with zero attached hydrogens (tertiary/aromatic N) is 2. The maximum atomic E-state index is 13.4. The van der Waals surface area contributed by atoms with E-state index < -0.39 is 52.8 Å². The predicted molar refractivity (Wildman–Crippen MR) is 72.7 cm³/mol. The van der Waals surface area contributed by atoms with E-state index in [0.29, 0.717) is 0 Å². The van der Waals surface area contributed by atoms with Gasteiger partial charge in [0.2, 0.25) is 17.3 Å². The Labute approximate surface area is 135 Å². The number of rotatable bonds is 5. The molecule has 0 N–H and O–H groups in total. The van der Waals surface area contributed by atoms with E-state index >= 15 is 0 Å². The van der Waals surface area contributed by atoms with Gasteiger partial charge in [-0.05, 0) is 11.4 Å². The Kier molecular flexibility index (Phi) is 5.25. The summed E-state index contributed by atoms with van der Waals surface area (Å²) < 4.78 is 65.7. The molecule has 0 saturated carbocycles. The second-order valence-corrected chi connectivity index (χ2v) is 5.13. The summed E-state index contributed by atoms with van der Waals surface area (Å²) >= 11 is 1.02. The molecule has 2 aromatic rings. The first kappa shape index (κ1) is 17.6. The third-order valence-corrected chi connectivity index (χ3v) is 3.60. The van der Waals surface area contributed by atoms with Gasteiger partial charge in [-0.15, -0.1) is 11.3 Å². The first-order valence-corrected chi connectivity index (χ1v) is 6.95. The minimum atomic E-state index is -2.30. The maximum Gasteiger partial charge on any atom is 0.235 e. The minimum absolute atomic E-state index is 0.162. The molecule has 24 heavy (non-hydrogen) atoms.